The van der Waals surface area contributed by atoms with Gasteiger partial charge in [-0.15, -0.1) is 0 Å². The Morgan fingerprint density at radius 3 is 2.50 bits per heavy atom. The number of hydrazine groups is 1. The number of rotatable bonds is 2. The van der Waals surface area contributed by atoms with E-state index in [0.29, 0.717) is 17.0 Å². The first kappa shape index (κ1) is 15.7. The average molecular weight is 322 g/mol. The van der Waals surface area contributed by atoms with E-state index >= 15 is 0 Å². The number of carbonyl (C=O) groups excluding carboxylic acids is 2. The molecule has 1 aromatic carbocycles. The number of aryl methyl sites for hydroxylation is 3. The normalized spacial score (nSPS) is 10.6. The van der Waals surface area contributed by atoms with Gasteiger partial charge < -0.3 is 4.57 Å². The number of pyridine rings is 1. The lowest BCUT2D eigenvalue weighted by molar-refractivity contribution is 0.0841. The van der Waals surface area contributed by atoms with Gasteiger partial charge in [-0.05, 0) is 43.7 Å². The third-order valence-electron chi connectivity index (χ3n) is 3.87. The van der Waals surface area contributed by atoms with E-state index in [2.05, 4.69) is 15.8 Å². The lowest BCUT2D eigenvalue weighted by Crippen LogP contribution is -2.42. The lowest BCUT2D eigenvalue weighted by Gasteiger charge is -2.10. The maximum atomic E-state index is 12.4. The molecule has 2 aromatic heterocycles. The summed E-state index contributed by atoms with van der Waals surface area (Å²) in [4.78, 5) is 28.9. The highest BCUT2D eigenvalue weighted by atomic mass is 16.2. The van der Waals surface area contributed by atoms with E-state index < -0.39 is 5.91 Å². The van der Waals surface area contributed by atoms with Gasteiger partial charge in [-0.2, -0.15) is 0 Å². The summed E-state index contributed by atoms with van der Waals surface area (Å²) < 4.78 is 1.67. The number of amides is 2. The Hall–Kier alpha value is -3.15. The summed E-state index contributed by atoms with van der Waals surface area (Å²) in [6, 6.07) is 11.1. The Balaban J connectivity index is 1.79. The minimum atomic E-state index is -0.398. The zero-order valence-electron chi connectivity index (χ0n) is 13.8. The highest BCUT2D eigenvalue weighted by Crippen LogP contribution is 2.17. The van der Waals surface area contributed by atoms with Crippen molar-refractivity contribution in [1.82, 2.24) is 20.4 Å². The molecule has 2 amide bonds. The molecule has 0 atom stereocenters. The fourth-order valence-electron chi connectivity index (χ4n) is 2.55. The minimum Gasteiger partial charge on any atom is -0.347 e. The van der Waals surface area contributed by atoms with Crippen LogP contribution >= 0.6 is 0 Å². The Morgan fingerprint density at radius 2 is 1.79 bits per heavy atom. The van der Waals surface area contributed by atoms with E-state index in [9.17, 15) is 9.59 Å². The zero-order chi connectivity index (χ0) is 17.3. The summed E-state index contributed by atoms with van der Waals surface area (Å²) in [7, 11) is 1.76. The van der Waals surface area contributed by atoms with Crippen LogP contribution in [0.15, 0.2) is 42.6 Å². The molecule has 0 radical (unpaired) electrons. The van der Waals surface area contributed by atoms with Crippen molar-refractivity contribution in [2.24, 2.45) is 7.05 Å². The number of aromatic nitrogens is 2. The summed E-state index contributed by atoms with van der Waals surface area (Å²) in [5.41, 5.74) is 8.31. The van der Waals surface area contributed by atoms with Crippen LogP contribution in [-0.4, -0.2) is 21.4 Å². The molecule has 6 nitrogen and oxygen atoms in total. The second-order valence-electron chi connectivity index (χ2n) is 5.73. The molecular formula is C18H18N4O2. The molecule has 24 heavy (non-hydrogen) atoms. The summed E-state index contributed by atoms with van der Waals surface area (Å²) >= 11 is 0. The van der Waals surface area contributed by atoms with Crippen molar-refractivity contribution in [3.05, 3.63) is 65.1 Å². The van der Waals surface area contributed by atoms with Crippen molar-refractivity contribution >= 4 is 22.7 Å². The van der Waals surface area contributed by atoms with Gasteiger partial charge in [0.15, 0.2) is 0 Å². The van der Waals surface area contributed by atoms with Crippen molar-refractivity contribution in [3.8, 4) is 0 Å². The maximum absolute atomic E-state index is 12.4. The van der Waals surface area contributed by atoms with Gasteiger partial charge in [0, 0.05) is 18.6 Å². The largest absolute Gasteiger partial charge is 0.347 e. The van der Waals surface area contributed by atoms with Crippen molar-refractivity contribution in [2.45, 2.75) is 13.8 Å². The Morgan fingerprint density at radius 1 is 1.04 bits per heavy atom. The van der Waals surface area contributed by atoms with Crippen LogP contribution in [0.5, 0.6) is 0 Å². The lowest BCUT2D eigenvalue weighted by atomic mass is 10.1. The first-order valence-electron chi connectivity index (χ1n) is 7.56. The van der Waals surface area contributed by atoms with Crippen LogP contribution < -0.4 is 10.9 Å². The molecule has 3 aromatic rings. The smallest absolute Gasteiger partial charge is 0.286 e. The van der Waals surface area contributed by atoms with Gasteiger partial charge in [0.2, 0.25) is 0 Å². The van der Waals surface area contributed by atoms with Crippen molar-refractivity contribution in [1.29, 1.82) is 0 Å². The van der Waals surface area contributed by atoms with Crippen LogP contribution in [0.25, 0.3) is 10.9 Å². The summed E-state index contributed by atoms with van der Waals surface area (Å²) in [6.45, 7) is 3.77. The third kappa shape index (κ3) is 2.99. The molecular weight excluding hydrogens is 304 g/mol. The molecule has 2 heterocycles. The number of nitrogens with one attached hydrogen (secondary N) is 2. The molecule has 0 aliphatic rings. The summed E-state index contributed by atoms with van der Waals surface area (Å²) in [5.74, 6) is -0.775. The molecule has 0 fully saturated rings. The van der Waals surface area contributed by atoms with Crippen molar-refractivity contribution in [2.75, 3.05) is 0 Å². The van der Waals surface area contributed by atoms with E-state index in [4.69, 9.17) is 0 Å². The van der Waals surface area contributed by atoms with Crippen molar-refractivity contribution < 1.29 is 9.59 Å². The second kappa shape index (κ2) is 6.16. The van der Waals surface area contributed by atoms with Gasteiger partial charge in [0.05, 0.1) is 16.8 Å². The van der Waals surface area contributed by atoms with E-state index in [1.54, 1.807) is 42.9 Å². The number of fused-ring (bicyclic) bond motifs is 1. The number of hydrogen-bond acceptors (Lipinski definition) is 3. The monoisotopic (exact) mass is 322 g/mol. The Labute approximate surface area is 139 Å². The standard InChI is InChI=1S/C18H18N4O2/c1-11-6-7-13-10-14(12(2)19-15(13)9-11)17(23)20-21-18(24)16-5-4-8-22(16)3/h4-10H,1-3H3,(H,20,23)(H,21,24). The highest BCUT2D eigenvalue weighted by Gasteiger charge is 2.14. The van der Waals surface area contributed by atoms with Crippen LogP contribution in [-0.2, 0) is 7.05 Å². The first-order valence-corrected chi connectivity index (χ1v) is 7.56. The quantitative estimate of drug-likeness (QED) is 0.711. The van der Waals surface area contributed by atoms with E-state index in [-0.39, 0.29) is 5.91 Å². The molecule has 3 rings (SSSR count). The third-order valence-corrected chi connectivity index (χ3v) is 3.87. The van der Waals surface area contributed by atoms with Gasteiger partial charge in [0.25, 0.3) is 11.8 Å². The fraction of sp³-hybridized carbons (Fsp3) is 0.167. The number of nitrogens with zero attached hydrogens (tertiary/aromatic N) is 2. The number of benzene rings is 1. The molecule has 0 bridgehead atoms. The molecule has 0 spiro atoms. The van der Waals surface area contributed by atoms with Crippen LogP contribution in [0.2, 0.25) is 0 Å². The topological polar surface area (TPSA) is 76.0 Å². The molecule has 6 heteroatoms. The molecule has 0 aliphatic carbocycles. The van der Waals surface area contributed by atoms with Gasteiger partial charge in [-0.25, -0.2) is 0 Å². The van der Waals surface area contributed by atoms with Crippen LogP contribution in [0, 0.1) is 13.8 Å². The molecule has 0 saturated heterocycles. The molecule has 2 N–H and O–H groups in total. The van der Waals surface area contributed by atoms with Crippen LogP contribution in [0.1, 0.15) is 32.1 Å². The number of hydrogen-bond donors (Lipinski definition) is 2. The van der Waals surface area contributed by atoms with E-state index in [1.807, 2.05) is 25.1 Å². The predicted octanol–water partition coefficient (Wildman–Crippen LogP) is 2.26. The van der Waals surface area contributed by atoms with Gasteiger partial charge >= 0.3 is 0 Å². The van der Waals surface area contributed by atoms with Crippen molar-refractivity contribution in [3.63, 3.8) is 0 Å². The zero-order valence-corrected chi connectivity index (χ0v) is 13.8. The Bertz CT molecular complexity index is 943. The SMILES string of the molecule is Cc1ccc2cc(C(=O)NNC(=O)c3cccn3C)c(C)nc2c1. The van der Waals surface area contributed by atoms with Gasteiger partial charge in [-0.3, -0.25) is 25.4 Å². The van der Waals surface area contributed by atoms with Crippen LogP contribution in [0.3, 0.4) is 0 Å². The van der Waals surface area contributed by atoms with Gasteiger partial charge in [0.1, 0.15) is 5.69 Å². The second-order valence-corrected chi connectivity index (χ2v) is 5.73. The van der Waals surface area contributed by atoms with E-state index in [1.165, 1.54) is 0 Å². The van der Waals surface area contributed by atoms with E-state index in [0.717, 1.165) is 16.5 Å². The first-order chi connectivity index (χ1) is 11.5. The predicted molar refractivity (Wildman–Crippen MR) is 91.6 cm³/mol. The van der Waals surface area contributed by atoms with Gasteiger partial charge in [-0.1, -0.05) is 12.1 Å². The van der Waals surface area contributed by atoms with Crippen LogP contribution in [0.4, 0.5) is 0 Å². The fourth-order valence-corrected chi connectivity index (χ4v) is 2.55. The number of carbonyl (C=O) groups is 2. The highest BCUT2D eigenvalue weighted by molar-refractivity contribution is 6.01. The molecule has 122 valence electrons. The Kier molecular flexibility index (Phi) is 4.04. The molecule has 0 saturated carbocycles. The average Bonchev–Trinajstić information content (AvgIpc) is 2.97. The maximum Gasteiger partial charge on any atom is 0.286 e. The molecule has 0 aliphatic heterocycles. The molecule has 0 unspecified atom stereocenters. The minimum absolute atomic E-state index is 0.377. The summed E-state index contributed by atoms with van der Waals surface area (Å²) in [6.07, 6.45) is 1.76. The summed E-state index contributed by atoms with van der Waals surface area (Å²) in [5, 5.41) is 0.880.